The van der Waals surface area contributed by atoms with Crippen molar-refractivity contribution in [2.24, 2.45) is 5.10 Å². The highest BCUT2D eigenvalue weighted by atomic mass is 32.2. The van der Waals surface area contributed by atoms with Crippen LogP contribution < -0.4 is 28.7 Å². The second kappa shape index (κ2) is 8.91. The van der Waals surface area contributed by atoms with Gasteiger partial charge < -0.3 is 18.9 Å². The molecule has 2 aromatic carbocycles. The first-order valence-corrected chi connectivity index (χ1v) is 10.6. The van der Waals surface area contributed by atoms with Crippen LogP contribution >= 0.6 is 0 Å². The molecule has 0 aliphatic carbocycles. The van der Waals surface area contributed by atoms with Crippen molar-refractivity contribution < 1.29 is 32.2 Å². The summed E-state index contributed by atoms with van der Waals surface area (Å²) in [5.41, 5.74) is 3.17. The third-order valence-corrected chi connectivity index (χ3v) is 5.27. The highest BCUT2D eigenvalue weighted by Crippen LogP contribution is 2.34. The lowest BCUT2D eigenvalue weighted by molar-refractivity contribution is -0.119. The number of carbonyl (C=O) groups is 1. The molecule has 160 valence electrons. The quantitative estimate of drug-likeness (QED) is 0.491. The molecule has 1 amide bonds. The molecule has 1 aliphatic rings. The van der Waals surface area contributed by atoms with Gasteiger partial charge in [0.25, 0.3) is 5.91 Å². The van der Waals surface area contributed by atoms with E-state index < -0.39 is 22.5 Å². The maximum atomic E-state index is 12.4. The maximum Gasteiger partial charge on any atom is 0.260 e. The lowest BCUT2D eigenvalue weighted by atomic mass is 10.2. The summed E-state index contributed by atoms with van der Waals surface area (Å²) in [7, 11) is -0.943. The predicted octanol–water partition coefficient (Wildman–Crippen LogP) is 1.35. The van der Waals surface area contributed by atoms with Crippen molar-refractivity contribution in [1.82, 2.24) is 5.43 Å². The number of ether oxygens (including phenoxy) is 4. The molecule has 0 bridgehead atoms. The summed E-state index contributed by atoms with van der Waals surface area (Å²) in [6.07, 6.45) is 2.41. The molecule has 2 aromatic rings. The van der Waals surface area contributed by atoms with E-state index >= 15 is 0 Å². The van der Waals surface area contributed by atoms with Crippen LogP contribution in [-0.2, 0) is 14.8 Å². The van der Waals surface area contributed by atoms with E-state index in [2.05, 4.69) is 10.5 Å². The number of methoxy groups -OCH3 is 2. The summed E-state index contributed by atoms with van der Waals surface area (Å²) in [6.45, 7) is -0.345. The Labute approximate surface area is 174 Å². The highest BCUT2D eigenvalue weighted by Gasteiger charge is 2.24. The Bertz CT molecular complexity index is 1070. The molecule has 0 spiro atoms. The van der Waals surface area contributed by atoms with Crippen LogP contribution in [-0.4, -0.2) is 54.4 Å². The average Bonchev–Trinajstić information content (AvgIpc) is 3.18. The first-order valence-electron chi connectivity index (χ1n) is 8.73. The van der Waals surface area contributed by atoms with Crippen molar-refractivity contribution in [1.29, 1.82) is 0 Å². The number of nitrogens with one attached hydrogen (secondary N) is 1. The third kappa shape index (κ3) is 4.92. The average molecular weight is 435 g/mol. The van der Waals surface area contributed by atoms with Gasteiger partial charge in [0.05, 0.1) is 32.4 Å². The van der Waals surface area contributed by atoms with Gasteiger partial charge in [-0.1, -0.05) is 0 Å². The van der Waals surface area contributed by atoms with Crippen LogP contribution in [0.5, 0.6) is 23.0 Å². The number of hydrazone groups is 1. The van der Waals surface area contributed by atoms with Gasteiger partial charge in [0.15, 0.2) is 11.5 Å². The first kappa shape index (κ1) is 21.2. The molecule has 1 heterocycles. The number of anilines is 1. The normalized spacial score (nSPS) is 12.6. The summed E-state index contributed by atoms with van der Waals surface area (Å²) in [5, 5.41) is 3.87. The van der Waals surface area contributed by atoms with Gasteiger partial charge >= 0.3 is 0 Å². The van der Waals surface area contributed by atoms with Crippen molar-refractivity contribution >= 4 is 27.8 Å². The molecule has 0 radical (unpaired) electrons. The molecule has 10 nitrogen and oxygen atoms in total. The Morgan fingerprint density at radius 3 is 2.63 bits per heavy atom. The van der Waals surface area contributed by atoms with E-state index in [0.717, 1.165) is 10.6 Å². The minimum absolute atomic E-state index is 0.154. The number of rotatable bonds is 8. The third-order valence-electron chi connectivity index (χ3n) is 4.14. The standard InChI is InChI=1S/C19H21N3O7S/c1-26-14-5-7-16(27-2)15(9-14)22(30(3,24)25)11-19(23)21-20-10-13-4-6-17-18(8-13)29-12-28-17/h4-10H,11-12H2,1-3H3,(H,21,23)/b20-10-. The van der Waals surface area contributed by atoms with Crippen LogP contribution in [0.1, 0.15) is 5.56 Å². The van der Waals surface area contributed by atoms with Crippen LogP contribution in [0.25, 0.3) is 0 Å². The lowest BCUT2D eigenvalue weighted by Gasteiger charge is -2.23. The molecule has 1 N–H and O–H groups in total. The number of fused-ring (bicyclic) bond motifs is 1. The Kier molecular flexibility index (Phi) is 6.31. The number of hydrogen-bond donors (Lipinski definition) is 1. The summed E-state index contributed by atoms with van der Waals surface area (Å²) in [5.74, 6) is 1.27. The number of hydrogen-bond acceptors (Lipinski definition) is 8. The summed E-state index contributed by atoms with van der Waals surface area (Å²) >= 11 is 0. The van der Waals surface area contributed by atoms with Gasteiger partial charge in [-0.2, -0.15) is 5.10 Å². The lowest BCUT2D eigenvalue weighted by Crippen LogP contribution is -2.39. The van der Waals surface area contributed by atoms with Crippen molar-refractivity contribution in [3.63, 3.8) is 0 Å². The minimum atomic E-state index is -3.80. The number of carbonyl (C=O) groups excluding carboxylic acids is 1. The molecule has 1 aliphatic heterocycles. The molecule has 0 saturated carbocycles. The topological polar surface area (TPSA) is 116 Å². The predicted molar refractivity (Wildman–Crippen MR) is 110 cm³/mol. The van der Waals surface area contributed by atoms with Crippen molar-refractivity contribution in [3.05, 3.63) is 42.0 Å². The van der Waals surface area contributed by atoms with Crippen LogP contribution in [0.15, 0.2) is 41.5 Å². The maximum absolute atomic E-state index is 12.4. The van der Waals surface area contributed by atoms with Crippen LogP contribution in [0.3, 0.4) is 0 Å². The number of sulfonamides is 1. The molecule has 11 heteroatoms. The molecule has 0 unspecified atom stereocenters. The van der Waals surface area contributed by atoms with Gasteiger partial charge in [0.1, 0.15) is 18.0 Å². The van der Waals surface area contributed by atoms with Crippen LogP contribution in [0.4, 0.5) is 5.69 Å². The SMILES string of the molecule is COc1ccc(OC)c(N(CC(=O)N/N=C\c2ccc3c(c2)OCO3)S(C)(=O)=O)c1. The van der Waals surface area contributed by atoms with Crippen molar-refractivity contribution in [2.75, 3.05) is 38.1 Å². The Balaban J connectivity index is 1.74. The van der Waals surface area contributed by atoms with Crippen LogP contribution in [0.2, 0.25) is 0 Å². The molecule has 0 fully saturated rings. The van der Waals surface area contributed by atoms with Crippen molar-refractivity contribution in [2.45, 2.75) is 0 Å². The van der Waals surface area contributed by atoms with Crippen molar-refractivity contribution in [3.8, 4) is 23.0 Å². The monoisotopic (exact) mass is 435 g/mol. The molecular weight excluding hydrogens is 414 g/mol. The number of benzene rings is 2. The molecule has 0 aromatic heterocycles. The number of nitrogens with zero attached hydrogens (tertiary/aromatic N) is 2. The van der Waals surface area contributed by atoms with E-state index in [1.165, 1.54) is 26.5 Å². The zero-order chi connectivity index (χ0) is 21.7. The van der Waals surface area contributed by atoms with Gasteiger partial charge in [0.2, 0.25) is 16.8 Å². The summed E-state index contributed by atoms with van der Waals surface area (Å²) in [4.78, 5) is 12.4. The van der Waals surface area contributed by atoms with E-state index in [0.29, 0.717) is 22.8 Å². The van der Waals surface area contributed by atoms with Gasteiger partial charge in [0, 0.05) is 6.07 Å². The van der Waals surface area contributed by atoms with E-state index in [1.54, 1.807) is 30.3 Å². The van der Waals surface area contributed by atoms with Gasteiger partial charge in [-0.25, -0.2) is 13.8 Å². The fraction of sp³-hybridized carbons (Fsp3) is 0.263. The molecule has 0 atom stereocenters. The van der Waals surface area contributed by atoms with E-state index in [4.69, 9.17) is 18.9 Å². The second-order valence-corrected chi connectivity index (χ2v) is 8.12. The minimum Gasteiger partial charge on any atom is -0.497 e. The Morgan fingerprint density at radius 2 is 1.93 bits per heavy atom. The highest BCUT2D eigenvalue weighted by molar-refractivity contribution is 7.92. The molecule has 0 saturated heterocycles. The molecule has 30 heavy (non-hydrogen) atoms. The Morgan fingerprint density at radius 1 is 1.17 bits per heavy atom. The van der Waals surface area contributed by atoms with Crippen LogP contribution in [0, 0.1) is 0 Å². The van der Waals surface area contributed by atoms with E-state index in [-0.39, 0.29) is 18.2 Å². The van der Waals surface area contributed by atoms with Gasteiger partial charge in [-0.15, -0.1) is 0 Å². The first-order chi connectivity index (χ1) is 14.3. The second-order valence-electron chi connectivity index (χ2n) is 6.21. The summed E-state index contributed by atoms with van der Waals surface area (Å²) < 4.78 is 46.5. The largest absolute Gasteiger partial charge is 0.497 e. The fourth-order valence-corrected chi connectivity index (χ4v) is 3.56. The molecule has 3 rings (SSSR count). The summed E-state index contributed by atoms with van der Waals surface area (Å²) in [6, 6.07) is 9.84. The van der Waals surface area contributed by atoms with Gasteiger partial charge in [-0.3, -0.25) is 9.10 Å². The fourth-order valence-electron chi connectivity index (χ4n) is 2.71. The smallest absolute Gasteiger partial charge is 0.260 e. The zero-order valence-corrected chi connectivity index (χ0v) is 17.4. The van der Waals surface area contributed by atoms with E-state index in [1.807, 2.05) is 0 Å². The Hall–Kier alpha value is -3.47. The van der Waals surface area contributed by atoms with Gasteiger partial charge in [-0.05, 0) is 35.9 Å². The zero-order valence-electron chi connectivity index (χ0n) is 16.6. The molecular formula is C19H21N3O7S. The van der Waals surface area contributed by atoms with E-state index in [9.17, 15) is 13.2 Å². The number of amides is 1.